The number of anilines is 2. The number of carbonyl (C=O) groups is 1. The number of para-hydroxylation sites is 1. The van der Waals surface area contributed by atoms with Gasteiger partial charge in [0.2, 0.25) is 0 Å². The van der Waals surface area contributed by atoms with Gasteiger partial charge in [0, 0.05) is 17.8 Å². The number of aryl methyl sites for hydroxylation is 1. The van der Waals surface area contributed by atoms with Crippen LogP contribution in [0.25, 0.3) is 0 Å². The smallest absolute Gasteiger partial charge is 0.275 e. The second-order valence-corrected chi connectivity index (χ2v) is 5.96. The molecule has 1 heterocycles. The molecule has 0 radical (unpaired) electrons. The Bertz CT molecular complexity index is 893. The van der Waals surface area contributed by atoms with E-state index in [0.717, 1.165) is 23.4 Å². The summed E-state index contributed by atoms with van der Waals surface area (Å²) in [6, 6.07) is 15.5. The largest absolute Gasteiger partial charge is 0.496 e. The molecule has 0 aliphatic heterocycles. The summed E-state index contributed by atoms with van der Waals surface area (Å²) in [7, 11) is 1.64. The van der Waals surface area contributed by atoms with Crippen molar-refractivity contribution in [1.82, 2.24) is 9.97 Å². The number of ether oxygens (including phenoxy) is 1. The summed E-state index contributed by atoms with van der Waals surface area (Å²) in [5, 5.41) is 6.00. The Kier molecular flexibility index (Phi) is 5.99. The zero-order chi connectivity index (χ0) is 19.1. The predicted molar refractivity (Wildman–Crippen MR) is 106 cm³/mol. The van der Waals surface area contributed by atoms with E-state index in [4.69, 9.17) is 4.74 Å². The van der Waals surface area contributed by atoms with Crippen LogP contribution in [0.2, 0.25) is 0 Å². The Labute approximate surface area is 158 Å². The van der Waals surface area contributed by atoms with Gasteiger partial charge in [0.25, 0.3) is 5.91 Å². The Morgan fingerprint density at radius 1 is 1.04 bits per heavy atom. The van der Waals surface area contributed by atoms with E-state index in [2.05, 4.69) is 27.5 Å². The molecule has 6 nitrogen and oxygen atoms in total. The summed E-state index contributed by atoms with van der Waals surface area (Å²) in [5.41, 5.74) is 3.23. The molecule has 0 aliphatic carbocycles. The van der Waals surface area contributed by atoms with Crippen molar-refractivity contribution in [2.75, 3.05) is 17.7 Å². The Morgan fingerprint density at radius 3 is 2.48 bits per heavy atom. The maximum absolute atomic E-state index is 12.3. The SMILES string of the molecule is CCc1ccc(NC(=O)c2cnc(NCc3ccccc3OC)cn2)cc1. The number of aromatic nitrogens is 2. The van der Waals surface area contributed by atoms with Gasteiger partial charge < -0.3 is 15.4 Å². The molecule has 0 aliphatic rings. The molecular weight excluding hydrogens is 340 g/mol. The summed E-state index contributed by atoms with van der Waals surface area (Å²) < 4.78 is 5.33. The van der Waals surface area contributed by atoms with Gasteiger partial charge in [-0.1, -0.05) is 37.3 Å². The molecule has 0 unspecified atom stereocenters. The van der Waals surface area contributed by atoms with E-state index in [1.807, 2.05) is 48.5 Å². The fourth-order valence-corrected chi connectivity index (χ4v) is 2.59. The number of hydrogen-bond acceptors (Lipinski definition) is 5. The maximum Gasteiger partial charge on any atom is 0.275 e. The van der Waals surface area contributed by atoms with E-state index in [0.29, 0.717) is 12.4 Å². The van der Waals surface area contributed by atoms with Crippen LogP contribution in [0.1, 0.15) is 28.5 Å². The van der Waals surface area contributed by atoms with E-state index < -0.39 is 0 Å². The van der Waals surface area contributed by atoms with Gasteiger partial charge in [-0.25, -0.2) is 9.97 Å². The van der Waals surface area contributed by atoms with Crippen molar-refractivity contribution >= 4 is 17.4 Å². The van der Waals surface area contributed by atoms with Gasteiger partial charge in [-0.3, -0.25) is 4.79 Å². The van der Waals surface area contributed by atoms with Crippen molar-refractivity contribution in [2.24, 2.45) is 0 Å². The van der Waals surface area contributed by atoms with Gasteiger partial charge in [0.05, 0.1) is 19.5 Å². The van der Waals surface area contributed by atoms with Gasteiger partial charge in [-0.2, -0.15) is 0 Å². The quantitative estimate of drug-likeness (QED) is 0.666. The number of amides is 1. The highest BCUT2D eigenvalue weighted by atomic mass is 16.5. The number of carbonyl (C=O) groups excluding carboxylic acids is 1. The lowest BCUT2D eigenvalue weighted by Crippen LogP contribution is -2.14. The van der Waals surface area contributed by atoms with Gasteiger partial charge in [-0.15, -0.1) is 0 Å². The highest BCUT2D eigenvalue weighted by molar-refractivity contribution is 6.02. The molecule has 138 valence electrons. The third-order valence-corrected chi connectivity index (χ3v) is 4.16. The summed E-state index contributed by atoms with van der Waals surface area (Å²) in [5.74, 6) is 1.11. The molecule has 2 N–H and O–H groups in total. The molecule has 1 aromatic heterocycles. The van der Waals surface area contributed by atoms with Gasteiger partial charge in [-0.05, 0) is 30.2 Å². The highest BCUT2D eigenvalue weighted by Crippen LogP contribution is 2.18. The Morgan fingerprint density at radius 2 is 1.81 bits per heavy atom. The zero-order valence-electron chi connectivity index (χ0n) is 15.4. The number of benzene rings is 2. The van der Waals surface area contributed by atoms with Crippen LogP contribution in [0.15, 0.2) is 60.9 Å². The van der Waals surface area contributed by atoms with Crippen molar-refractivity contribution in [3.8, 4) is 5.75 Å². The van der Waals surface area contributed by atoms with Gasteiger partial charge >= 0.3 is 0 Å². The highest BCUT2D eigenvalue weighted by Gasteiger charge is 2.09. The fraction of sp³-hybridized carbons (Fsp3) is 0.190. The van der Waals surface area contributed by atoms with Crippen molar-refractivity contribution < 1.29 is 9.53 Å². The van der Waals surface area contributed by atoms with Crippen LogP contribution in [-0.4, -0.2) is 23.0 Å². The fourth-order valence-electron chi connectivity index (χ4n) is 2.59. The second-order valence-electron chi connectivity index (χ2n) is 5.96. The first-order valence-electron chi connectivity index (χ1n) is 8.77. The minimum absolute atomic E-state index is 0.261. The van der Waals surface area contributed by atoms with Crippen molar-refractivity contribution in [2.45, 2.75) is 19.9 Å². The van der Waals surface area contributed by atoms with Crippen LogP contribution in [0.3, 0.4) is 0 Å². The topological polar surface area (TPSA) is 76.1 Å². The van der Waals surface area contributed by atoms with Gasteiger partial charge in [0.1, 0.15) is 17.3 Å². The standard InChI is InChI=1S/C21H22N4O2/c1-3-15-8-10-17(11-9-15)25-21(26)18-13-24-20(14-22-18)23-12-16-6-4-5-7-19(16)27-2/h4-11,13-14H,3,12H2,1-2H3,(H,23,24)(H,25,26). The van der Waals surface area contributed by atoms with E-state index in [1.165, 1.54) is 11.8 Å². The molecule has 0 saturated heterocycles. The van der Waals surface area contributed by atoms with Crippen molar-refractivity contribution in [3.05, 3.63) is 77.7 Å². The van der Waals surface area contributed by atoms with Crippen LogP contribution >= 0.6 is 0 Å². The van der Waals surface area contributed by atoms with Crippen LogP contribution < -0.4 is 15.4 Å². The lowest BCUT2D eigenvalue weighted by molar-refractivity contribution is 0.102. The van der Waals surface area contributed by atoms with E-state index in [-0.39, 0.29) is 11.6 Å². The number of nitrogens with zero attached hydrogens (tertiary/aromatic N) is 2. The van der Waals surface area contributed by atoms with Crippen molar-refractivity contribution in [3.63, 3.8) is 0 Å². The zero-order valence-corrected chi connectivity index (χ0v) is 15.4. The predicted octanol–water partition coefficient (Wildman–Crippen LogP) is 3.91. The molecular formula is C21H22N4O2. The van der Waals surface area contributed by atoms with Crippen molar-refractivity contribution in [1.29, 1.82) is 0 Å². The van der Waals surface area contributed by atoms with Crippen LogP contribution in [-0.2, 0) is 13.0 Å². The Balaban J connectivity index is 1.59. The molecule has 6 heteroatoms. The molecule has 3 aromatic rings. The van der Waals surface area contributed by atoms with Crippen LogP contribution in [0.4, 0.5) is 11.5 Å². The van der Waals surface area contributed by atoms with E-state index >= 15 is 0 Å². The minimum Gasteiger partial charge on any atom is -0.496 e. The molecule has 3 rings (SSSR count). The number of rotatable bonds is 7. The normalized spacial score (nSPS) is 10.3. The third-order valence-electron chi connectivity index (χ3n) is 4.16. The van der Waals surface area contributed by atoms with E-state index in [1.54, 1.807) is 13.3 Å². The number of hydrogen-bond donors (Lipinski definition) is 2. The first-order valence-corrected chi connectivity index (χ1v) is 8.77. The first kappa shape index (κ1) is 18.4. The molecule has 0 atom stereocenters. The molecule has 27 heavy (non-hydrogen) atoms. The monoisotopic (exact) mass is 362 g/mol. The third kappa shape index (κ3) is 4.82. The van der Waals surface area contributed by atoms with Crippen LogP contribution in [0, 0.1) is 0 Å². The first-order chi connectivity index (χ1) is 13.2. The maximum atomic E-state index is 12.3. The average Bonchev–Trinajstić information content (AvgIpc) is 2.73. The molecule has 0 saturated carbocycles. The molecule has 2 aromatic carbocycles. The molecule has 1 amide bonds. The summed E-state index contributed by atoms with van der Waals surface area (Å²) >= 11 is 0. The summed E-state index contributed by atoms with van der Waals surface area (Å²) in [6.45, 7) is 2.64. The minimum atomic E-state index is -0.289. The summed E-state index contributed by atoms with van der Waals surface area (Å²) in [4.78, 5) is 20.8. The lowest BCUT2D eigenvalue weighted by Gasteiger charge is -2.10. The molecule has 0 spiro atoms. The van der Waals surface area contributed by atoms with Gasteiger partial charge in [0.15, 0.2) is 0 Å². The molecule has 0 fully saturated rings. The molecule has 0 bridgehead atoms. The lowest BCUT2D eigenvalue weighted by atomic mass is 10.1. The Hall–Kier alpha value is -3.41. The second kappa shape index (κ2) is 8.80. The van der Waals surface area contributed by atoms with E-state index in [9.17, 15) is 4.79 Å². The average molecular weight is 362 g/mol. The summed E-state index contributed by atoms with van der Waals surface area (Å²) in [6.07, 6.45) is 3.97. The number of nitrogens with one attached hydrogen (secondary N) is 2. The van der Waals surface area contributed by atoms with Crippen LogP contribution in [0.5, 0.6) is 5.75 Å². The number of methoxy groups -OCH3 is 1.